The minimum absolute atomic E-state index is 0.191. The van der Waals surface area contributed by atoms with Gasteiger partial charge in [0.25, 0.3) is 0 Å². The van der Waals surface area contributed by atoms with Crippen LogP contribution in [0.3, 0.4) is 0 Å². The highest BCUT2D eigenvalue weighted by atomic mass is 16.6. The second-order valence-corrected chi connectivity index (χ2v) is 11.0. The van der Waals surface area contributed by atoms with Crippen molar-refractivity contribution in [2.45, 2.75) is 64.4 Å². The third-order valence-corrected chi connectivity index (χ3v) is 7.11. The third kappa shape index (κ3) is 6.93. The van der Waals surface area contributed by atoms with Crippen molar-refractivity contribution >= 4 is 23.7 Å². The molecule has 3 aliphatic heterocycles. The number of imide groups is 1. The lowest BCUT2D eigenvalue weighted by Gasteiger charge is -2.35. The molecule has 3 saturated heterocycles. The molecule has 0 aromatic carbocycles. The van der Waals surface area contributed by atoms with E-state index in [0.29, 0.717) is 18.8 Å². The summed E-state index contributed by atoms with van der Waals surface area (Å²) in [7, 11) is 0. The van der Waals surface area contributed by atoms with Gasteiger partial charge in [0.2, 0.25) is 11.8 Å². The van der Waals surface area contributed by atoms with Crippen LogP contribution in [0.25, 0.3) is 0 Å². The lowest BCUT2D eigenvalue weighted by atomic mass is 9.91. The highest BCUT2D eigenvalue weighted by Gasteiger charge is 2.30. The minimum atomic E-state index is -0.456. The maximum Gasteiger partial charge on any atom is 0.410 e. The number of piperidine rings is 2. The Kier molecular flexibility index (Phi) is 7.94. The van der Waals surface area contributed by atoms with Crippen LogP contribution in [0.5, 0.6) is 0 Å². The number of nitrogens with zero attached hydrogens (tertiary/aromatic N) is 4. The number of hydrogen-bond donors (Lipinski definition) is 1. The van der Waals surface area contributed by atoms with E-state index in [9.17, 15) is 14.4 Å². The van der Waals surface area contributed by atoms with Gasteiger partial charge in [-0.25, -0.2) is 9.78 Å². The molecule has 1 aromatic rings. The summed E-state index contributed by atoms with van der Waals surface area (Å²) < 4.78 is 5.52. The Labute approximate surface area is 208 Å². The monoisotopic (exact) mass is 485 g/mol. The van der Waals surface area contributed by atoms with Crippen molar-refractivity contribution in [3.8, 4) is 0 Å². The summed E-state index contributed by atoms with van der Waals surface area (Å²) in [5.74, 6) is 0.806. The summed E-state index contributed by atoms with van der Waals surface area (Å²) in [5, 5.41) is 2.45. The van der Waals surface area contributed by atoms with Crippen LogP contribution in [0.4, 0.5) is 10.6 Å². The second-order valence-electron chi connectivity index (χ2n) is 11.0. The molecule has 1 atom stereocenters. The Morgan fingerprint density at radius 1 is 1.09 bits per heavy atom. The number of amides is 3. The third-order valence-electron chi connectivity index (χ3n) is 7.11. The van der Waals surface area contributed by atoms with Gasteiger partial charge >= 0.3 is 6.09 Å². The van der Waals surface area contributed by atoms with Crippen LogP contribution in [0.15, 0.2) is 18.3 Å². The molecule has 0 spiro atoms. The molecule has 192 valence electrons. The van der Waals surface area contributed by atoms with Crippen molar-refractivity contribution in [1.82, 2.24) is 20.1 Å². The Morgan fingerprint density at radius 3 is 2.57 bits per heavy atom. The topological polar surface area (TPSA) is 95.1 Å². The summed E-state index contributed by atoms with van der Waals surface area (Å²) in [4.78, 5) is 47.4. The van der Waals surface area contributed by atoms with Crippen molar-refractivity contribution in [2.24, 2.45) is 5.92 Å². The summed E-state index contributed by atoms with van der Waals surface area (Å²) in [5.41, 5.74) is 0.472. The molecule has 9 heteroatoms. The smallest absolute Gasteiger partial charge is 0.410 e. The number of likely N-dealkylation sites (tertiary alicyclic amines) is 1. The van der Waals surface area contributed by atoms with E-state index in [1.54, 1.807) is 6.20 Å². The molecule has 0 saturated carbocycles. The lowest BCUT2D eigenvalue weighted by molar-refractivity contribution is -0.134. The molecule has 1 N–H and O–H groups in total. The number of aromatic nitrogens is 1. The van der Waals surface area contributed by atoms with E-state index < -0.39 is 5.60 Å². The van der Waals surface area contributed by atoms with Gasteiger partial charge in [0.05, 0.1) is 5.92 Å². The van der Waals surface area contributed by atoms with E-state index in [4.69, 9.17) is 4.74 Å². The summed E-state index contributed by atoms with van der Waals surface area (Å²) in [6, 6.07) is 3.90. The van der Waals surface area contributed by atoms with Crippen LogP contribution in [-0.2, 0) is 14.3 Å². The fraction of sp³-hybridized carbons (Fsp3) is 0.692. The van der Waals surface area contributed by atoms with Crippen molar-refractivity contribution in [3.63, 3.8) is 0 Å². The molecule has 4 rings (SSSR count). The molecule has 0 radical (unpaired) electrons. The maximum absolute atomic E-state index is 12.3. The zero-order valence-corrected chi connectivity index (χ0v) is 21.3. The van der Waals surface area contributed by atoms with E-state index in [1.165, 1.54) is 0 Å². The van der Waals surface area contributed by atoms with Crippen LogP contribution in [0, 0.1) is 5.92 Å². The van der Waals surface area contributed by atoms with Crippen LogP contribution < -0.4 is 10.2 Å². The zero-order valence-electron chi connectivity index (χ0n) is 21.3. The SMILES string of the molecule is CC(C)(C)OC(=O)N1CCC(CN2CCCN(c3cc([C@H]4CCC(=O)NC4=O)ccn3)CC2)CC1. The molecule has 3 amide bonds. The average Bonchev–Trinajstić information content (AvgIpc) is 3.04. The van der Waals surface area contributed by atoms with Gasteiger partial charge in [-0.15, -0.1) is 0 Å². The molecular weight excluding hydrogens is 446 g/mol. The predicted molar refractivity (Wildman–Crippen MR) is 133 cm³/mol. The van der Waals surface area contributed by atoms with Gasteiger partial charge in [-0.1, -0.05) is 0 Å². The van der Waals surface area contributed by atoms with Gasteiger partial charge < -0.3 is 19.4 Å². The van der Waals surface area contributed by atoms with Crippen LogP contribution >= 0.6 is 0 Å². The highest BCUT2D eigenvalue weighted by molar-refractivity contribution is 6.00. The number of ether oxygens (including phenoxy) is 1. The van der Waals surface area contributed by atoms with Gasteiger partial charge in [-0.2, -0.15) is 0 Å². The number of nitrogens with one attached hydrogen (secondary N) is 1. The number of anilines is 1. The van der Waals surface area contributed by atoms with Gasteiger partial charge in [-0.05, 0) is 76.6 Å². The van der Waals surface area contributed by atoms with E-state index in [2.05, 4.69) is 20.1 Å². The number of carbonyl (C=O) groups excluding carboxylic acids is 3. The van der Waals surface area contributed by atoms with Gasteiger partial charge in [0, 0.05) is 51.9 Å². The van der Waals surface area contributed by atoms with E-state index >= 15 is 0 Å². The van der Waals surface area contributed by atoms with Crippen molar-refractivity contribution in [2.75, 3.05) is 50.7 Å². The molecule has 3 fully saturated rings. The van der Waals surface area contributed by atoms with Crippen LogP contribution in [0.1, 0.15) is 64.4 Å². The van der Waals surface area contributed by atoms with E-state index in [1.807, 2.05) is 37.8 Å². The molecule has 4 heterocycles. The summed E-state index contributed by atoms with van der Waals surface area (Å²) in [6.45, 7) is 12.1. The first-order valence-electron chi connectivity index (χ1n) is 12.9. The van der Waals surface area contributed by atoms with Gasteiger partial charge in [0.1, 0.15) is 11.4 Å². The first-order chi connectivity index (χ1) is 16.7. The van der Waals surface area contributed by atoms with E-state index in [-0.39, 0.29) is 23.8 Å². The number of carbonyl (C=O) groups is 3. The number of hydrogen-bond acceptors (Lipinski definition) is 7. The van der Waals surface area contributed by atoms with Crippen LogP contribution in [-0.4, -0.2) is 84.1 Å². The summed E-state index contributed by atoms with van der Waals surface area (Å²) in [6.07, 6.45) is 5.58. The van der Waals surface area contributed by atoms with Crippen molar-refractivity contribution in [1.29, 1.82) is 0 Å². The van der Waals surface area contributed by atoms with Crippen molar-refractivity contribution in [3.05, 3.63) is 23.9 Å². The minimum Gasteiger partial charge on any atom is -0.444 e. The number of pyridine rings is 1. The van der Waals surface area contributed by atoms with Gasteiger partial charge in [0.15, 0.2) is 0 Å². The normalized spacial score (nSPS) is 23.1. The Bertz CT molecular complexity index is 923. The van der Waals surface area contributed by atoms with E-state index in [0.717, 1.165) is 76.5 Å². The number of rotatable bonds is 4. The fourth-order valence-electron chi connectivity index (χ4n) is 5.21. The maximum atomic E-state index is 12.3. The average molecular weight is 486 g/mol. The largest absolute Gasteiger partial charge is 0.444 e. The Balaban J connectivity index is 1.27. The fourth-order valence-corrected chi connectivity index (χ4v) is 5.21. The zero-order chi connectivity index (χ0) is 25.0. The Morgan fingerprint density at radius 2 is 1.86 bits per heavy atom. The van der Waals surface area contributed by atoms with Gasteiger partial charge in [-0.3, -0.25) is 14.9 Å². The molecule has 35 heavy (non-hydrogen) atoms. The van der Waals surface area contributed by atoms with Crippen LogP contribution in [0.2, 0.25) is 0 Å². The van der Waals surface area contributed by atoms with Crippen molar-refractivity contribution < 1.29 is 19.1 Å². The molecule has 0 aliphatic carbocycles. The predicted octanol–water partition coefficient (Wildman–Crippen LogP) is 2.76. The quantitative estimate of drug-likeness (QED) is 0.655. The molecule has 9 nitrogen and oxygen atoms in total. The first kappa shape index (κ1) is 25.4. The molecule has 0 unspecified atom stereocenters. The molecular formula is C26H39N5O4. The summed E-state index contributed by atoms with van der Waals surface area (Å²) >= 11 is 0. The lowest BCUT2D eigenvalue weighted by Crippen LogP contribution is -2.44. The Hall–Kier alpha value is -2.68. The molecule has 0 bridgehead atoms. The standard InChI is InChI=1S/C26H39N5O4/c1-26(2,3)35-25(34)31-13-8-19(9-14-31)18-29-11-4-12-30(16-15-29)22-17-20(7-10-27-22)21-5-6-23(32)28-24(21)33/h7,10,17,19,21H,4-6,8-9,11-16,18H2,1-3H3,(H,28,32,33)/t21-/m1/s1. The first-order valence-corrected chi connectivity index (χ1v) is 12.9. The molecule has 3 aliphatic rings. The second kappa shape index (κ2) is 10.9. The molecule has 1 aromatic heterocycles. The highest BCUT2D eigenvalue weighted by Crippen LogP contribution is 2.27.